The van der Waals surface area contributed by atoms with Gasteiger partial charge in [-0.2, -0.15) is 0 Å². The Bertz CT molecular complexity index is 579. The molecule has 7 heteroatoms. The van der Waals surface area contributed by atoms with Crippen molar-refractivity contribution in [1.29, 1.82) is 0 Å². The van der Waals surface area contributed by atoms with Gasteiger partial charge in [0.25, 0.3) is 0 Å². The number of anilines is 1. The summed E-state index contributed by atoms with van der Waals surface area (Å²) >= 11 is 0. The van der Waals surface area contributed by atoms with Crippen molar-refractivity contribution in [1.82, 2.24) is 10.0 Å². The molecule has 0 aromatic heterocycles. The molecule has 1 atom stereocenters. The van der Waals surface area contributed by atoms with Gasteiger partial charge in [0.2, 0.25) is 10.0 Å². The van der Waals surface area contributed by atoms with Crippen molar-refractivity contribution in [2.75, 3.05) is 45.8 Å². The molecule has 1 aliphatic heterocycles. The molecular weight excluding hydrogens is 302 g/mol. The SMILES string of the molecule is COCC1(CNS(=O)(=O)c2ccc(N(C)C)cc2)CCCN1. The number of methoxy groups -OCH3 is 1. The number of hydrogen-bond acceptors (Lipinski definition) is 5. The van der Waals surface area contributed by atoms with Gasteiger partial charge in [-0.05, 0) is 43.7 Å². The quantitative estimate of drug-likeness (QED) is 0.775. The smallest absolute Gasteiger partial charge is 0.240 e. The summed E-state index contributed by atoms with van der Waals surface area (Å²) in [5, 5.41) is 3.36. The lowest BCUT2D eigenvalue weighted by Gasteiger charge is -2.28. The molecule has 2 N–H and O–H groups in total. The molecule has 0 amide bonds. The molecule has 1 heterocycles. The molecule has 0 bridgehead atoms. The second-order valence-corrected chi connectivity index (χ2v) is 7.72. The Labute approximate surface area is 132 Å². The van der Waals surface area contributed by atoms with E-state index in [1.54, 1.807) is 31.4 Å². The van der Waals surface area contributed by atoms with E-state index in [9.17, 15) is 8.42 Å². The summed E-state index contributed by atoms with van der Waals surface area (Å²) in [5.41, 5.74) is 0.665. The molecule has 1 aliphatic rings. The van der Waals surface area contributed by atoms with E-state index in [2.05, 4.69) is 10.0 Å². The summed E-state index contributed by atoms with van der Waals surface area (Å²) in [5.74, 6) is 0. The van der Waals surface area contributed by atoms with Crippen molar-refractivity contribution in [3.8, 4) is 0 Å². The van der Waals surface area contributed by atoms with Gasteiger partial charge in [0.15, 0.2) is 0 Å². The van der Waals surface area contributed by atoms with Crippen molar-refractivity contribution in [3.63, 3.8) is 0 Å². The third-order valence-electron chi connectivity index (χ3n) is 4.02. The van der Waals surface area contributed by atoms with Gasteiger partial charge in [-0.3, -0.25) is 0 Å². The topological polar surface area (TPSA) is 70.7 Å². The minimum atomic E-state index is -3.51. The standard InChI is InChI=1S/C15H25N3O3S/c1-18(2)13-5-7-14(8-6-13)22(19,20)17-11-15(12-21-3)9-4-10-16-15/h5-8,16-17H,4,9-12H2,1-3H3. The molecule has 1 aromatic carbocycles. The predicted molar refractivity (Wildman–Crippen MR) is 87.8 cm³/mol. The minimum absolute atomic E-state index is 0.281. The number of benzene rings is 1. The number of nitrogens with one attached hydrogen (secondary N) is 2. The zero-order valence-electron chi connectivity index (χ0n) is 13.4. The van der Waals surface area contributed by atoms with E-state index in [0.29, 0.717) is 13.2 Å². The van der Waals surface area contributed by atoms with E-state index in [1.807, 2.05) is 19.0 Å². The van der Waals surface area contributed by atoms with E-state index in [-0.39, 0.29) is 10.4 Å². The molecule has 6 nitrogen and oxygen atoms in total. The maximum absolute atomic E-state index is 12.4. The highest BCUT2D eigenvalue weighted by Crippen LogP contribution is 2.21. The van der Waals surface area contributed by atoms with Crippen molar-refractivity contribution in [2.45, 2.75) is 23.3 Å². The molecule has 0 aliphatic carbocycles. The van der Waals surface area contributed by atoms with Gasteiger partial charge in [0.1, 0.15) is 0 Å². The van der Waals surface area contributed by atoms with Crippen LogP contribution < -0.4 is 14.9 Å². The minimum Gasteiger partial charge on any atom is -0.383 e. The highest BCUT2D eigenvalue weighted by atomic mass is 32.2. The fraction of sp³-hybridized carbons (Fsp3) is 0.600. The second-order valence-electron chi connectivity index (χ2n) is 5.96. The van der Waals surface area contributed by atoms with Crippen molar-refractivity contribution in [2.24, 2.45) is 0 Å². The zero-order chi connectivity index (χ0) is 16.2. The van der Waals surface area contributed by atoms with Crippen LogP contribution in [0.3, 0.4) is 0 Å². The molecule has 124 valence electrons. The molecule has 1 saturated heterocycles. The Morgan fingerprint density at radius 3 is 2.50 bits per heavy atom. The Balaban J connectivity index is 2.07. The molecule has 1 fully saturated rings. The van der Waals surface area contributed by atoms with Gasteiger partial charge in [0.05, 0.1) is 17.0 Å². The van der Waals surface area contributed by atoms with Crippen molar-refractivity contribution >= 4 is 15.7 Å². The highest BCUT2D eigenvalue weighted by Gasteiger charge is 2.34. The lowest BCUT2D eigenvalue weighted by Crippen LogP contribution is -2.52. The molecule has 0 saturated carbocycles. The average molecular weight is 327 g/mol. The van der Waals surface area contributed by atoms with Crippen LogP contribution in [0.5, 0.6) is 0 Å². The first-order chi connectivity index (χ1) is 10.4. The Morgan fingerprint density at radius 1 is 1.32 bits per heavy atom. The fourth-order valence-electron chi connectivity index (χ4n) is 2.71. The number of rotatable bonds is 7. The van der Waals surface area contributed by atoms with Crippen LogP contribution in [0.1, 0.15) is 12.8 Å². The summed E-state index contributed by atoms with van der Waals surface area (Å²) in [4.78, 5) is 2.21. The molecule has 1 aromatic rings. The third kappa shape index (κ3) is 3.98. The Hall–Kier alpha value is -1.15. The van der Waals surface area contributed by atoms with Gasteiger partial charge in [-0.1, -0.05) is 0 Å². The van der Waals surface area contributed by atoms with Crippen LogP contribution >= 0.6 is 0 Å². The summed E-state index contributed by atoms with van der Waals surface area (Å²) < 4.78 is 32.8. The van der Waals surface area contributed by atoms with Crippen LogP contribution in [0, 0.1) is 0 Å². The zero-order valence-corrected chi connectivity index (χ0v) is 14.2. The molecule has 2 rings (SSSR count). The van der Waals surface area contributed by atoms with Crippen LogP contribution in [-0.2, 0) is 14.8 Å². The van der Waals surface area contributed by atoms with E-state index < -0.39 is 10.0 Å². The normalized spacial score (nSPS) is 22.0. The fourth-order valence-corrected chi connectivity index (χ4v) is 3.84. The lowest BCUT2D eigenvalue weighted by atomic mass is 9.99. The van der Waals surface area contributed by atoms with Crippen LogP contribution in [0.4, 0.5) is 5.69 Å². The van der Waals surface area contributed by atoms with E-state index in [1.165, 1.54) is 0 Å². The van der Waals surface area contributed by atoms with Gasteiger partial charge >= 0.3 is 0 Å². The summed E-state index contributed by atoms with van der Waals surface area (Å²) in [6.45, 7) is 1.72. The van der Waals surface area contributed by atoms with Crippen LogP contribution in [-0.4, -0.2) is 54.9 Å². The van der Waals surface area contributed by atoms with Crippen molar-refractivity contribution < 1.29 is 13.2 Å². The molecular formula is C15H25N3O3S. The first kappa shape index (κ1) is 17.2. The lowest BCUT2D eigenvalue weighted by molar-refractivity contribution is 0.122. The molecule has 0 spiro atoms. The maximum atomic E-state index is 12.4. The second kappa shape index (κ2) is 6.95. The number of ether oxygens (including phenoxy) is 1. The third-order valence-corrected chi connectivity index (χ3v) is 5.43. The van der Waals surface area contributed by atoms with Gasteiger partial charge < -0.3 is 15.0 Å². The van der Waals surface area contributed by atoms with E-state index in [0.717, 1.165) is 25.1 Å². The van der Waals surface area contributed by atoms with Crippen LogP contribution in [0.25, 0.3) is 0 Å². The van der Waals surface area contributed by atoms with Crippen molar-refractivity contribution in [3.05, 3.63) is 24.3 Å². The first-order valence-corrected chi connectivity index (χ1v) is 8.88. The van der Waals surface area contributed by atoms with Gasteiger partial charge in [0, 0.05) is 33.4 Å². The molecule has 1 unspecified atom stereocenters. The molecule has 22 heavy (non-hydrogen) atoms. The number of sulfonamides is 1. The number of hydrogen-bond donors (Lipinski definition) is 2. The summed E-state index contributed by atoms with van der Waals surface area (Å²) in [6, 6.07) is 6.85. The Morgan fingerprint density at radius 2 is 2.00 bits per heavy atom. The largest absolute Gasteiger partial charge is 0.383 e. The van der Waals surface area contributed by atoms with Gasteiger partial charge in [-0.25, -0.2) is 13.1 Å². The van der Waals surface area contributed by atoms with E-state index >= 15 is 0 Å². The molecule has 0 radical (unpaired) electrons. The first-order valence-electron chi connectivity index (χ1n) is 7.40. The predicted octanol–water partition coefficient (Wildman–Crippen LogP) is 0.800. The van der Waals surface area contributed by atoms with Gasteiger partial charge in [-0.15, -0.1) is 0 Å². The monoisotopic (exact) mass is 327 g/mol. The maximum Gasteiger partial charge on any atom is 0.240 e. The van der Waals surface area contributed by atoms with Crippen LogP contribution in [0.2, 0.25) is 0 Å². The summed E-state index contributed by atoms with van der Waals surface area (Å²) in [7, 11) is 1.96. The average Bonchev–Trinajstić information content (AvgIpc) is 2.95. The van der Waals surface area contributed by atoms with Crippen LogP contribution in [0.15, 0.2) is 29.2 Å². The van der Waals surface area contributed by atoms with E-state index in [4.69, 9.17) is 4.74 Å². The Kier molecular flexibility index (Phi) is 5.44. The number of nitrogens with zero attached hydrogens (tertiary/aromatic N) is 1. The highest BCUT2D eigenvalue weighted by molar-refractivity contribution is 7.89. The summed E-state index contributed by atoms with van der Waals surface area (Å²) in [6.07, 6.45) is 1.94.